The summed E-state index contributed by atoms with van der Waals surface area (Å²) in [5.74, 6) is 5.17. The first kappa shape index (κ1) is 21.2. The largest absolute Gasteiger partial charge is 0.394 e. The molecule has 1 aliphatic heterocycles. The Kier molecular flexibility index (Phi) is 6.61. The predicted molar refractivity (Wildman–Crippen MR) is 109 cm³/mol. The number of anilines is 1. The van der Waals surface area contributed by atoms with Crippen LogP contribution in [0.5, 0.6) is 0 Å². The number of nitrogen functional groups attached to an aromatic ring is 1. The molecule has 1 aromatic carbocycles. The van der Waals surface area contributed by atoms with Crippen molar-refractivity contribution in [3.05, 3.63) is 57.6 Å². The fraction of sp³-hybridized carbons (Fsp3) is 0.333. The lowest BCUT2D eigenvalue weighted by molar-refractivity contribution is -0.0245. The summed E-state index contributed by atoms with van der Waals surface area (Å²) in [5.41, 5.74) is 6.52. The molecule has 0 aliphatic carbocycles. The molecule has 1 amide bonds. The number of benzene rings is 1. The molecule has 0 radical (unpaired) electrons. The van der Waals surface area contributed by atoms with E-state index in [1.54, 1.807) is 24.3 Å². The minimum Gasteiger partial charge on any atom is -0.394 e. The Balaban J connectivity index is 1.65. The lowest BCUT2D eigenvalue weighted by Gasteiger charge is -2.15. The number of rotatable bonds is 5. The number of Topliss-reactive ketones (excluding diaryl/α,β-unsaturated/α-hetero) is 1. The number of aliphatic hydroxyl groups is 1. The summed E-state index contributed by atoms with van der Waals surface area (Å²) in [6.45, 7) is 1.40. The number of carbonyl (C=O) groups excluding carboxylic acids is 2. The second kappa shape index (κ2) is 9.35. The van der Waals surface area contributed by atoms with E-state index in [1.165, 1.54) is 17.7 Å². The number of nitrogens with zero attached hydrogens (tertiary/aromatic N) is 2. The van der Waals surface area contributed by atoms with Crippen molar-refractivity contribution < 1.29 is 19.4 Å². The monoisotopic (exact) mass is 410 g/mol. The highest BCUT2D eigenvalue weighted by molar-refractivity contribution is 5.97. The van der Waals surface area contributed by atoms with Crippen molar-refractivity contribution in [3.8, 4) is 11.8 Å². The van der Waals surface area contributed by atoms with E-state index < -0.39 is 11.9 Å². The second-order valence-corrected chi connectivity index (χ2v) is 6.82. The van der Waals surface area contributed by atoms with Crippen LogP contribution in [0.25, 0.3) is 0 Å². The van der Waals surface area contributed by atoms with Gasteiger partial charge in [0.15, 0.2) is 5.78 Å². The molecule has 9 heteroatoms. The molecule has 2 atom stereocenters. The van der Waals surface area contributed by atoms with Crippen molar-refractivity contribution in [2.24, 2.45) is 0 Å². The number of nitrogens with one attached hydrogen (secondary N) is 1. The molecule has 0 unspecified atom stereocenters. The van der Waals surface area contributed by atoms with Crippen molar-refractivity contribution in [3.63, 3.8) is 0 Å². The van der Waals surface area contributed by atoms with Crippen molar-refractivity contribution in [2.45, 2.75) is 32.1 Å². The van der Waals surface area contributed by atoms with Gasteiger partial charge in [0.2, 0.25) is 0 Å². The molecule has 4 N–H and O–H groups in total. The third-order valence-corrected chi connectivity index (χ3v) is 4.69. The highest BCUT2D eigenvalue weighted by atomic mass is 16.5. The summed E-state index contributed by atoms with van der Waals surface area (Å²) < 4.78 is 6.92. The van der Waals surface area contributed by atoms with Crippen molar-refractivity contribution in [1.29, 1.82) is 0 Å². The SMILES string of the molecule is CC(=O)c1ccc(C(=O)NCC#Cc2cn([C@H]3CC[C@@H](CO)O3)c(=O)nc2N)cc1. The average Bonchev–Trinajstić information content (AvgIpc) is 3.21. The first-order valence-electron chi connectivity index (χ1n) is 9.42. The van der Waals surface area contributed by atoms with E-state index in [9.17, 15) is 19.5 Å². The van der Waals surface area contributed by atoms with Gasteiger partial charge in [0, 0.05) is 17.3 Å². The molecule has 3 rings (SSSR count). The molecule has 1 fully saturated rings. The summed E-state index contributed by atoms with van der Waals surface area (Å²) in [7, 11) is 0. The summed E-state index contributed by atoms with van der Waals surface area (Å²) >= 11 is 0. The quantitative estimate of drug-likeness (QED) is 0.482. The van der Waals surface area contributed by atoms with Gasteiger partial charge in [-0.25, -0.2) is 4.79 Å². The normalized spacial score (nSPS) is 17.8. The molecule has 2 heterocycles. The lowest BCUT2D eigenvalue weighted by atomic mass is 10.1. The van der Waals surface area contributed by atoms with E-state index in [4.69, 9.17) is 10.5 Å². The van der Waals surface area contributed by atoms with E-state index in [-0.39, 0.29) is 36.8 Å². The molecule has 1 aromatic heterocycles. The van der Waals surface area contributed by atoms with Crippen LogP contribution in [0, 0.1) is 11.8 Å². The molecule has 30 heavy (non-hydrogen) atoms. The molecule has 0 spiro atoms. The van der Waals surface area contributed by atoms with Crippen LogP contribution in [0.15, 0.2) is 35.3 Å². The molecule has 0 saturated carbocycles. The Morgan fingerprint density at radius 1 is 1.30 bits per heavy atom. The topological polar surface area (TPSA) is 137 Å². The van der Waals surface area contributed by atoms with Gasteiger partial charge in [-0.3, -0.25) is 14.2 Å². The van der Waals surface area contributed by atoms with Crippen LogP contribution in [-0.2, 0) is 4.74 Å². The summed E-state index contributed by atoms with van der Waals surface area (Å²) in [6, 6.07) is 6.31. The van der Waals surface area contributed by atoms with E-state index in [1.807, 2.05) is 0 Å². The molecule has 0 bridgehead atoms. The first-order valence-corrected chi connectivity index (χ1v) is 9.42. The molecule has 2 aromatic rings. The Labute approximate surface area is 172 Å². The number of aliphatic hydroxyl groups excluding tert-OH is 1. The number of aromatic nitrogens is 2. The van der Waals surface area contributed by atoms with Crippen LogP contribution >= 0.6 is 0 Å². The minimum absolute atomic E-state index is 0.00777. The van der Waals surface area contributed by atoms with Gasteiger partial charge in [0.25, 0.3) is 5.91 Å². The van der Waals surface area contributed by atoms with Crippen LogP contribution in [0.2, 0.25) is 0 Å². The number of hydrogen-bond donors (Lipinski definition) is 3. The molecule has 1 saturated heterocycles. The zero-order valence-corrected chi connectivity index (χ0v) is 16.4. The zero-order valence-electron chi connectivity index (χ0n) is 16.4. The Morgan fingerprint density at radius 3 is 2.63 bits per heavy atom. The van der Waals surface area contributed by atoms with E-state index in [0.29, 0.717) is 29.5 Å². The molecular weight excluding hydrogens is 388 g/mol. The van der Waals surface area contributed by atoms with Gasteiger partial charge in [0.05, 0.1) is 24.8 Å². The van der Waals surface area contributed by atoms with E-state index in [0.717, 1.165) is 0 Å². The van der Waals surface area contributed by atoms with E-state index >= 15 is 0 Å². The van der Waals surface area contributed by atoms with Crippen LogP contribution in [0.1, 0.15) is 52.3 Å². The minimum atomic E-state index is -0.552. The zero-order chi connectivity index (χ0) is 21.7. The first-order chi connectivity index (χ1) is 14.4. The highest BCUT2D eigenvalue weighted by Crippen LogP contribution is 2.27. The van der Waals surface area contributed by atoms with Crippen LogP contribution in [0.4, 0.5) is 5.82 Å². The molecule has 1 aliphatic rings. The number of amides is 1. The second-order valence-electron chi connectivity index (χ2n) is 6.82. The van der Waals surface area contributed by atoms with Crippen molar-refractivity contribution in [2.75, 3.05) is 18.9 Å². The summed E-state index contributed by atoms with van der Waals surface area (Å²) in [4.78, 5) is 39.3. The van der Waals surface area contributed by atoms with Gasteiger partial charge in [0.1, 0.15) is 12.0 Å². The number of ketones is 1. The van der Waals surface area contributed by atoms with Crippen LogP contribution in [-0.4, -0.2) is 45.6 Å². The Morgan fingerprint density at radius 2 is 2.00 bits per heavy atom. The van der Waals surface area contributed by atoms with E-state index in [2.05, 4.69) is 22.1 Å². The maximum Gasteiger partial charge on any atom is 0.351 e. The highest BCUT2D eigenvalue weighted by Gasteiger charge is 2.27. The number of carbonyl (C=O) groups is 2. The molecule has 9 nitrogen and oxygen atoms in total. The average molecular weight is 410 g/mol. The van der Waals surface area contributed by atoms with Gasteiger partial charge in [-0.1, -0.05) is 24.0 Å². The Hall–Kier alpha value is -3.48. The van der Waals surface area contributed by atoms with Gasteiger partial charge >= 0.3 is 5.69 Å². The summed E-state index contributed by atoms with van der Waals surface area (Å²) in [5, 5.41) is 11.8. The third kappa shape index (κ3) is 4.92. The predicted octanol–water partition coefficient (Wildman–Crippen LogP) is 0.480. The smallest absolute Gasteiger partial charge is 0.351 e. The number of hydrogen-bond acceptors (Lipinski definition) is 7. The van der Waals surface area contributed by atoms with Gasteiger partial charge < -0.3 is 20.9 Å². The summed E-state index contributed by atoms with van der Waals surface area (Å²) in [6.07, 6.45) is 1.85. The van der Waals surface area contributed by atoms with Gasteiger partial charge in [-0.05, 0) is 31.9 Å². The van der Waals surface area contributed by atoms with Gasteiger partial charge in [-0.15, -0.1) is 0 Å². The Bertz CT molecular complexity index is 1070. The third-order valence-electron chi connectivity index (χ3n) is 4.69. The molecular formula is C21H22N4O5. The number of ether oxygens (including phenoxy) is 1. The fourth-order valence-corrected chi connectivity index (χ4v) is 3.03. The van der Waals surface area contributed by atoms with Crippen molar-refractivity contribution >= 4 is 17.5 Å². The standard InChI is InChI=1S/C21H22N4O5/c1-13(27)14-4-6-15(7-5-14)20(28)23-10-2-3-16-11-25(21(29)24-19(16)22)18-9-8-17(12-26)30-18/h4-7,11,17-18,26H,8-10,12H2,1H3,(H,23,28)(H2,22,24,29)/t17-,18+/m0/s1. The van der Waals surface area contributed by atoms with Crippen LogP contribution < -0.4 is 16.7 Å². The van der Waals surface area contributed by atoms with Crippen molar-refractivity contribution in [1.82, 2.24) is 14.9 Å². The van der Waals surface area contributed by atoms with Crippen LogP contribution in [0.3, 0.4) is 0 Å². The lowest BCUT2D eigenvalue weighted by Crippen LogP contribution is -2.28. The maximum absolute atomic E-state index is 12.2. The molecule has 156 valence electrons. The van der Waals surface area contributed by atoms with Gasteiger partial charge in [-0.2, -0.15) is 4.98 Å². The maximum atomic E-state index is 12.2. The fourth-order valence-electron chi connectivity index (χ4n) is 3.03. The number of nitrogens with two attached hydrogens (primary N) is 1.